The number of cyclic esters (lactones) is 1. The Hall–Kier alpha value is -1.61. The van der Waals surface area contributed by atoms with Crippen LogP contribution in [0.2, 0.25) is 0 Å². The van der Waals surface area contributed by atoms with Crippen molar-refractivity contribution in [2.24, 2.45) is 28.6 Å². The zero-order valence-corrected chi connectivity index (χ0v) is 20.6. The minimum Gasteiger partial charge on any atom is -0.458 e. The molecule has 3 aliphatic carbocycles. The summed E-state index contributed by atoms with van der Waals surface area (Å²) >= 11 is 0. The molecule has 1 heterocycles. The summed E-state index contributed by atoms with van der Waals surface area (Å²) in [6.07, 6.45) is 14.6. The van der Waals surface area contributed by atoms with E-state index in [1.165, 1.54) is 37.7 Å². The van der Waals surface area contributed by atoms with Gasteiger partial charge in [-0.3, -0.25) is 0 Å². The smallest absolute Gasteiger partial charge is 0.334 e. The molecule has 0 spiro atoms. The Labute approximate surface area is 194 Å². The number of aliphatic hydroxyl groups is 1. The van der Waals surface area contributed by atoms with Gasteiger partial charge in [-0.05, 0) is 92.1 Å². The lowest BCUT2D eigenvalue weighted by Crippen LogP contribution is -2.34. The highest BCUT2D eigenvalue weighted by molar-refractivity contribution is 5.91. The minimum atomic E-state index is -0.397. The summed E-state index contributed by atoms with van der Waals surface area (Å²) in [5, 5.41) is 10.4. The molecule has 3 nitrogen and oxygen atoms in total. The largest absolute Gasteiger partial charge is 0.458 e. The molecular weight excluding hydrogens is 396 g/mol. The van der Waals surface area contributed by atoms with Crippen LogP contribution in [0.25, 0.3) is 0 Å². The summed E-state index contributed by atoms with van der Waals surface area (Å²) in [6, 6.07) is 0. The minimum absolute atomic E-state index is 0.0420. The molecule has 0 amide bonds. The van der Waals surface area contributed by atoms with Crippen molar-refractivity contribution in [3.63, 3.8) is 0 Å². The van der Waals surface area contributed by atoms with E-state index >= 15 is 0 Å². The lowest BCUT2D eigenvalue weighted by atomic mass is 9.62. The van der Waals surface area contributed by atoms with Gasteiger partial charge in [0.1, 0.15) is 6.10 Å². The Morgan fingerprint density at radius 1 is 1.09 bits per heavy atom. The molecule has 0 aromatic rings. The number of carbonyl (C=O) groups is 1. The first kappa shape index (κ1) is 23.5. The number of fused-ring (bicyclic) bond motifs is 1. The molecule has 4 fully saturated rings. The average molecular weight is 439 g/mol. The first-order valence-corrected chi connectivity index (χ1v) is 12.7. The third-order valence-electron chi connectivity index (χ3n) is 9.69. The Morgan fingerprint density at radius 2 is 1.84 bits per heavy atom. The Balaban J connectivity index is 1.45. The van der Waals surface area contributed by atoms with E-state index in [1.807, 2.05) is 0 Å². The number of carbonyl (C=O) groups excluding carboxylic acids is 1. The normalized spacial score (nSPS) is 41.9. The van der Waals surface area contributed by atoms with Gasteiger partial charge in [-0.1, -0.05) is 58.6 Å². The molecular formula is C29H42O3. The Kier molecular flexibility index (Phi) is 6.35. The van der Waals surface area contributed by atoms with E-state index in [4.69, 9.17) is 4.74 Å². The van der Waals surface area contributed by atoms with Gasteiger partial charge in [0.15, 0.2) is 0 Å². The molecule has 32 heavy (non-hydrogen) atoms. The quantitative estimate of drug-likeness (QED) is 0.393. The fourth-order valence-electron chi connectivity index (χ4n) is 7.03. The molecule has 0 aromatic carbocycles. The second kappa shape index (κ2) is 8.63. The monoisotopic (exact) mass is 438 g/mol. The van der Waals surface area contributed by atoms with Crippen LogP contribution in [0.5, 0.6) is 0 Å². The predicted octanol–water partition coefficient (Wildman–Crippen LogP) is 6.69. The van der Waals surface area contributed by atoms with Gasteiger partial charge in [0.2, 0.25) is 0 Å². The highest BCUT2D eigenvalue weighted by Crippen LogP contribution is 2.59. The molecule has 1 N–H and O–H groups in total. The Morgan fingerprint density at radius 3 is 2.53 bits per heavy atom. The molecule has 4 rings (SSSR count). The molecule has 176 valence electrons. The number of hydrogen-bond donors (Lipinski definition) is 1. The number of esters is 1. The zero-order valence-electron chi connectivity index (χ0n) is 20.6. The van der Waals surface area contributed by atoms with Crippen molar-refractivity contribution in [2.45, 2.75) is 97.7 Å². The summed E-state index contributed by atoms with van der Waals surface area (Å²) in [7, 11) is 0. The van der Waals surface area contributed by atoms with Crippen LogP contribution < -0.4 is 0 Å². The molecule has 3 saturated carbocycles. The lowest BCUT2D eigenvalue weighted by Gasteiger charge is -2.43. The molecule has 1 aliphatic heterocycles. The fourth-order valence-corrected chi connectivity index (χ4v) is 7.03. The van der Waals surface area contributed by atoms with Crippen molar-refractivity contribution in [1.82, 2.24) is 0 Å². The van der Waals surface area contributed by atoms with Crippen LogP contribution >= 0.6 is 0 Å². The van der Waals surface area contributed by atoms with Crippen molar-refractivity contribution in [3.05, 3.63) is 47.6 Å². The number of ether oxygens (including phenoxy) is 1. The molecule has 3 heteroatoms. The number of aliphatic hydroxyl groups excluding tert-OH is 1. The van der Waals surface area contributed by atoms with Crippen molar-refractivity contribution < 1.29 is 14.6 Å². The van der Waals surface area contributed by atoms with Crippen LogP contribution in [0, 0.1) is 28.6 Å². The van der Waals surface area contributed by atoms with Crippen molar-refractivity contribution in [1.29, 1.82) is 0 Å². The summed E-state index contributed by atoms with van der Waals surface area (Å²) in [5.74, 6) is 1.42. The fraction of sp³-hybridized carbons (Fsp3) is 0.690. The van der Waals surface area contributed by atoms with Crippen LogP contribution in [-0.2, 0) is 9.53 Å². The highest BCUT2D eigenvalue weighted by Gasteiger charge is 2.50. The molecule has 6 atom stereocenters. The second-order valence-electron chi connectivity index (χ2n) is 11.8. The third kappa shape index (κ3) is 3.95. The van der Waals surface area contributed by atoms with Gasteiger partial charge in [-0.2, -0.15) is 0 Å². The van der Waals surface area contributed by atoms with Gasteiger partial charge >= 0.3 is 5.97 Å². The Bertz CT molecular complexity index is 860. The first-order valence-electron chi connectivity index (χ1n) is 12.7. The molecule has 0 aromatic heterocycles. The van der Waals surface area contributed by atoms with Crippen LogP contribution in [0.15, 0.2) is 47.6 Å². The van der Waals surface area contributed by atoms with Gasteiger partial charge < -0.3 is 9.84 Å². The summed E-state index contributed by atoms with van der Waals surface area (Å²) in [4.78, 5) is 12.0. The second-order valence-corrected chi connectivity index (χ2v) is 11.8. The number of allylic oxidation sites excluding steroid dienone is 3. The maximum absolute atomic E-state index is 12.0. The average Bonchev–Trinajstić information content (AvgIpc) is 3.18. The molecule has 0 radical (unpaired) electrons. The van der Waals surface area contributed by atoms with E-state index < -0.39 is 6.10 Å². The summed E-state index contributed by atoms with van der Waals surface area (Å²) in [6.45, 7) is 17.0. The number of rotatable bonds is 4. The number of hydrogen-bond acceptors (Lipinski definition) is 3. The van der Waals surface area contributed by atoms with Crippen molar-refractivity contribution in [3.8, 4) is 0 Å². The zero-order chi connectivity index (χ0) is 23.3. The van der Waals surface area contributed by atoms with E-state index in [0.29, 0.717) is 28.7 Å². The highest BCUT2D eigenvalue weighted by atomic mass is 16.6. The summed E-state index contributed by atoms with van der Waals surface area (Å²) in [5.41, 5.74) is 4.44. The van der Waals surface area contributed by atoms with Gasteiger partial charge in [0, 0.05) is 11.0 Å². The van der Waals surface area contributed by atoms with Crippen molar-refractivity contribution >= 4 is 5.97 Å². The topological polar surface area (TPSA) is 46.5 Å². The van der Waals surface area contributed by atoms with Crippen LogP contribution in [-0.4, -0.2) is 23.3 Å². The standard InChI is InChI=1S/C29H42O3/c1-18-9-10-21(19(2)26(18)30)11-12-22-8-7-17-29(6)23(13-15-24(22)29)14-16-25-28(4,5)20(3)27(31)32-25/h11-12,18,23-26,30H,2-3,7-10,13-17H2,1,4-6H3/b21-11-,22-12+/t18-,23?,24-,25+,26-,29+/m0/s1. The van der Waals surface area contributed by atoms with Gasteiger partial charge in [-0.25, -0.2) is 4.79 Å². The first-order chi connectivity index (χ1) is 15.1. The van der Waals surface area contributed by atoms with Crippen LogP contribution in [0.3, 0.4) is 0 Å². The van der Waals surface area contributed by atoms with Gasteiger partial charge in [-0.15, -0.1) is 0 Å². The van der Waals surface area contributed by atoms with E-state index in [2.05, 4.69) is 53.0 Å². The van der Waals surface area contributed by atoms with Gasteiger partial charge in [0.25, 0.3) is 0 Å². The molecule has 1 saturated heterocycles. The van der Waals surface area contributed by atoms with Crippen molar-refractivity contribution in [2.75, 3.05) is 0 Å². The summed E-state index contributed by atoms with van der Waals surface area (Å²) < 4.78 is 5.68. The lowest BCUT2D eigenvalue weighted by molar-refractivity contribution is -0.140. The van der Waals surface area contributed by atoms with Crippen LogP contribution in [0.1, 0.15) is 85.5 Å². The molecule has 1 unspecified atom stereocenters. The molecule has 0 bridgehead atoms. The maximum atomic E-state index is 12.0. The van der Waals surface area contributed by atoms with E-state index in [-0.39, 0.29) is 17.5 Å². The van der Waals surface area contributed by atoms with E-state index in [9.17, 15) is 9.90 Å². The van der Waals surface area contributed by atoms with Crippen LogP contribution in [0.4, 0.5) is 0 Å². The van der Waals surface area contributed by atoms with Gasteiger partial charge in [0.05, 0.1) is 6.10 Å². The van der Waals surface area contributed by atoms with E-state index in [1.54, 1.807) is 5.57 Å². The SMILES string of the molecule is C=C1/C(=C\C=C2/CCC[C@]3(C)C(CC[C@H]4OC(=O)C(=C)C4(C)C)CC[C@@H]23)CC[C@H](C)[C@@H]1O. The molecule has 4 aliphatic rings. The third-order valence-corrected chi connectivity index (χ3v) is 9.69. The van der Waals surface area contributed by atoms with E-state index in [0.717, 1.165) is 31.3 Å². The predicted molar refractivity (Wildman–Crippen MR) is 130 cm³/mol. The maximum Gasteiger partial charge on any atom is 0.334 e.